The Morgan fingerprint density at radius 1 is 1.12 bits per heavy atom. The first-order valence-electron chi connectivity index (χ1n) is 8.30. The predicted octanol–water partition coefficient (Wildman–Crippen LogP) is 3.11. The molecule has 1 aromatic heterocycles. The van der Waals surface area contributed by atoms with Gasteiger partial charge in [0.15, 0.2) is 0 Å². The summed E-state index contributed by atoms with van der Waals surface area (Å²) in [6.07, 6.45) is 4.09. The van der Waals surface area contributed by atoms with E-state index >= 15 is 0 Å². The Balaban J connectivity index is 1.83. The molecule has 1 aliphatic heterocycles. The molecule has 0 saturated carbocycles. The maximum atomic E-state index is 12.7. The molecular weight excluding hydrogens is 338 g/mol. The third-order valence-electron chi connectivity index (χ3n) is 4.44. The number of rotatable bonds is 5. The number of methoxy groups -OCH3 is 1. The van der Waals surface area contributed by atoms with Crippen molar-refractivity contribution in [3.05, 3.63) is 41.6 Å². The fourth-order valence-corrected chi connectivity index (χ4v) is 4.39. The molecule has 0 spiro atoms. The molecule has 25 heavy (non-hydrogen) atoms. The van der Waals surface area contributed by atoms with Gasteiger partial charge >= 0.3 is 0 Å². The van der Waals surface area contributed by atoms with Gasteiger partial charge in [0.05, 0.1) is 23.9 Å². The zero-order valence-corrected chi connectivity index (χ0v) is 15.6. The second kappa shape index (κ2) is 6.92. The average molecular weight is 361 g/mol. The van der Waals surface area contributed by atoms with E-state index in [2.05, 4.69) is 14.6 Å². The summed E-state index contributed by atoms with van der Waals surface area (Å²) in [7, 11) is -2.14. The topological polar surface area (TPSA) is 71.5 Å². The Kier molecular flexibility index (Phi) is 4.85. The quantitative estimate of drug-likeness (QED) is 0.886. The van der Waals surface area contributed by atoms with E-state index in [-0.39, 0.29) is 4.90 Å². The first kappa shape index (κ1) is 17.5. The highest BCUT2D eigenvalue weighted by molar-refractivity contribution is 7.92. The summed E-state index contributed by atoms with van der Waals surface area (Å²) in [4.78, 5) is 6.75. The van der Waals surface area contributed by atoms with Crippen molar-refractivity contribution in [2.75, 3.05) is 29.8 Å². The van der Waals surface area contributed by atoms with E-state index in [0.717, 1.165) is 24.3 Å². The van der Waals surface area contributed by atoms with Crippen LogP contribution in [0.5, 0.6) is 5.75 Å². The minimum atomic E-state index is -3.71. The summed E-state index contributed by atoms with van der Waals surface area (Å²) in [5.74, 6) is 0.986. The minimum absolute atomic E-state index is 0.233. The van der Waals surface area contributed by atoms with Gasteiger partial charge in [0.1, 0.15) is 11.6 Å². The smallest absolute Gasteiger partial charge is 0.263 e. The number of anilines is 2. The summed E-state index contributed by atoms with van der Waals surface area (Å²) < 4.78 is 33.2. The van der Waals surface area contributed by atoms with Crippen molar-refractivity contribution < 1.29 is 13.2 Å². The van der Waals surface area contributed by atoms with Gasteiger partial charge in [-0.15, -0.1) is 0 Å². The molecule has 3 rings (SSSR count). The molecule has 1 fully saturated rings. The monoisotopic (exact) mass is 361 g/mol. The van der Waals surface area contributed by atoms with Gasteiger partial charge in [0.2, 0.25) is 0 Å². The Morgan fingerprint density at radius 2 is 1.84 bits per heavy atom. The van der Waals surface area contributed by atoms with Gasteiger partial charge in [0.25, 0.3) is 10.0 Å². The molecule has 1 aromatic carbocycles. The van der Waals surface area contributed by atoms with Crippen LogP contribution in [0.1, 0.15) is 24.0 Å². The first-order chi connectivity index (χ1) is 11.9. The molecule has 0 bridgehead atoms. The van der Waals surface area contributed by atoms with Crippen LogP contribution in [0.2, 0.25) is 0 Å². The van der Waals surface area contributed by atoms with Crippen LogP contribution in [0.25, 0.3) is 0 Å². The van der Waals surface area contributed by atoms with Crippen LogP contribution in [-0.4, -0.2) is 33.6 Å². The maximum absolute atomic E-state index is 12.7. The number of hydrogen-bond donors (Lipinski definition) is 1. The van der Waals surface area contributed by atoms with E-state index in [1.807, 2.05) is 13.0 Å². The zero-order valence-electron chi connectivity index (χ0n) is 14.7. The van der Waals surface area contributed by atoms with Crippen LogP contribution >= 0.6 is 0 Å². The van der Waals surface area contributed by atoms with E-state index in [0.29, 0.717) is 17.1 Å². The number of benzene rings is 1. The normalized spacial score (nSPS) is 14.6. The van der Waals surface area contributed by atoms with E-state index < -0.39 is 10.0 Å². The van der Waals surface area contributed by atoms with Gasteiger partial charge in [-0.2, -0.15) is 0 Å². The van der Waals surface area contributed by atoms with E-state index in [9.17, 15) is 8.42 Å². The largest absolute Gasteiger partial charge is 0.496 e. The number of nitrogens with one attached hydrogen (secondary N) is 1. The van der Waals surface area contributed by atoms with Crippen LogP contribution < -0.4 is 14.4 Å². The van der Waals surface area contributed by atoms with Crippen molar-refractivity contribution in [1.82, 2.24) is 4.98 Å². The van der Waals surface area contributed by atoms with Crippen molar-refractivity contribution in [3.63, 3.8) is 0 Å². The van der Waals surface area contributed by atoms with Gasteiger partial charge in [-0.1, -0.05) is 0 Å². The Bertz CT molecular complexity index is 858. The lowest BCUT2D eigenvalue weighted by Crippen LogP contribution is -2.18. The third-order valence-corrected chi connectivity index (χ3v) is 5.94. The van der Waals surface area contributed by atoms with Crippen molar-refractivity contribution >= 4 is 21.5 Å². The van der Waals surface area contributed by atoms with Crippen molar-refractivity contribution in [1.29, 1.82) is 0 Å². The Hall–Kier alpha value is -2.28. The molecule has 1 aliphatic rings. The van der Waals surface area contributed by atoms with Crippen LogP contribution in [-0.2, 0) is 10.0 Å². The summed E-state index contributed by atoms with van der Waals surface area (Å²) in [5, 5.41) is 0. The molecule has 0 atom stereocenters. The number of sulfonamides is 1. The number of pyridine rings is 1. The molecule has 1 saturated heterocycles. The fourth-order valence-electron chi connectivity index (χ4n) is 3.07. The number of aromatic nitrogens is 1. The van der Waals surface area contributed by atoms with E-state index in [4.69, 9.17) is 4.74 Å². The average Bonchev–Trinajstić information content (AvgIpc) is 3.11. The number of aryl methyl sites for hydroxylation is 2. The van der Waals surface area contributed by atoms with E-state index in [1.54, 1.807) is 38.4 Å². The highest BCUT2D eigenvalue weighted by Crippen LogP contribution is 2.27. The van der Waals surface area contributed by atoms with Crippen LogP contribution in [0.4, 0.5) is 11.5 Å². The van der Waals surface area contributed by atoms with Crippen LogP contribution in [0.15, 0.2) is 35.4 Å². The third kappa shape index (κ3) is 3.71. The lowest BCUT2D eigenvalue weighted by atomic mass is 10.1. The molecule has 0 aliphatic carbocycles. The van der Waals surface area contributed by atoms with Crippen molar-refractivity contribution in [2.45, 2.75) is 31.6 Å². The van der Waals surface area contributed by atoms with Gasteiger partial charge in [-0.25, -0.2) is 13.4 Å². The molecule has 2 heterocycles. The fraction of sp³-hybridized carbons (Fsp3) is 0.389. The summed E-state index contributed by atoms with van der Waals surface area (Å²) in [6, 6.07) is 6.96. The second-order valence-corrected chi connectivity index (χ2v) is 7.94. The number of ether oxygens (including phenoxy) is 1. The zero-order chi connectivity index (χ0) is 18.0. The summed E-state index contributed by atoms with van der Waals surface area (Å²) in [5.41, 5.74) is 2.42. The molecule has 134 valence electrons. The van der Waals surface area contributed by atoms with Gasteiger partial charge in [-0.3, -0.25) is 4.72 Å². The van der Waals surface area contributed by atoms with Gasteiger partial charge < -0.3 is 9.64 Å². The minimum Gasteiger partial charge on any atom is -0.496 e. The highest BCUT2D eigenvalue weighted by atomic mass is 32.2. The SMILES string of the molecule is COc1cc(C)c(S(=O)(=O)Nc2ccc(N3CCCC3)cn2)cc1C. The predicted molar refractivity (Wildman–Crippen MR) is 99.0 cm³/mol. The second-order valence-electron chi connectivity index (χ2n) is 6.29. The first-order valence-corrected chi connectivity index (χ1v) is 9.78. The summed E-state index contributed by atoms with van der Waals surface area (Å²) >= 11 is 0. The molecule has 0 amide bonds. The van der Waals surface area contributed by atoms with Crippen molar-refractivity contribution in [3.8, 4) is 5.75 Å². The molecule has 0 radical (unpaired) electrons. The number of nitrogens with zero attached hydrogens (tertiary/aromatic N) is 2. The lowest BCUT2D eigenvalue weighted by Gasteiger charge is -2.17. The highest BCUT2D eigenvalue weighted by Gasteiger charge is 2.20. The van der Waals surface area contributed by atoms with Crippen LogP contribution in [0.3, 0.4) is 0 Å². The molecule has 1 N–H and O–H groups in total. The lowest BCUT2D eigenvalue weighted by molar-refractivity contribution is 0.411. The molecule has 0 unspecified atom stereocenters. The van der Waals surface area contributed by atoms with Gasteiger partial charge in [-0.05, 0) is 62.1 Å². The Labute approximate surface area is 148 Å². The van der Waals surface area contributed by atoms with Crippen LogP contribution in [0, 0.1) is 13.8 Å². The standard InChI is InChI=1S/C18H23N3O3S/c1-13-11-17(14(2)10-16(13)24-3)25(22,23)20-18-7-6-15(12-19-18)21-8-4-5-9-21/h6-7,10-12H,4-5,8-9H2,1-3H3,(H,19,20). The van der Waals surface area contributed by atoms with Crippen molar-refractivity contribution in [2.24, 2.45) is 0 Å². The molecule has 6 nitrogen and oxygen atoms in total. The van der Waals surface area contributed by atoms with E-state index in [1.165, 1.54) is 12.8 Å². The number of hydrogen-bond acceptors (Lipinski definition) is 5. The summed E-state index contributed by atoms with van der Waals surface area (Å²) in [6.45, 7) is 5.62. The molecule has 7 heteroatoms. The Morgan fingerprint density at radius 3 is 2.44 bits per heavy atom. The maximum Gasteiger partial charge on any atom is 0.263 e. The molecule has 2 aromatic rings. The molecular formula is C18H23N3O3S. The van der Waals surface area contributed by atoms with Gasteiger partial charge in [0, 0.05) is 13.1 Å².